The molecule has 32 heavy (non-hydrogen) atoms. The number of hydrazone groups is 1. The molecule has 0 fully saturated rings. The molecular formula is C20H24N6O4S2. The number of nitrogens with zero attached hydrogens (tertiary/aromatic N) is 5. The van der Waals surface area contributed by atoms with Gasteiger partial charge in [-0.25, -0.2) is 5.43 Å². The van der Waals surface area contributed by atoms with Gasteiger partial charge in [-0.15, -0.1) is 0 Å². The molecule has 3 rings (SSSR count). The first kappa shape index (κ1) is 23.8. The van der Waals surface area contributed by atoms with E-state index in [0.29, 0.717) is 5.69 Å². The van der Waals surface area contributed by atoms with Crippen LogP contribution >= 0.6 is 23.5 Å². The number of nitrogens with one attached hydrogen (secondary N) is 1. The topological polar surface area (TPSA) is 124 Å². The van der Waals surface area contributed by atoms with E-state index < -0.39 is 16.9 Å². The highest BCUT2D eigenvalue weighted by molar-refractivity contribution is 8.38. The van der Waals surface area contributed by atoms with Crippen molar-refractivity contribution >= 4 is 45.7 Å². The maximum absolute atomic E-state index is 12.5. The van der Waals surface area contributed by atoms with Gasteiger partial charge in [-0.2, -0.15) is 10.2 Å². The summed E-state index contributed by atoms with van der Waals surface area (Å²) < 4.78 is 7.86. The lowest BCUT2D eigenvalue weighted by Crippen LogP contribution is -2.28. The Labute approximate surface area is 194 Å². The van der Waals surface area contributed by atoms with Gasteiger partial charge in [-0.1, -0.05) is 23.5 Å². The molecule has 0 spiro atoms. The summed E-state index contributed by atoms with van der Waals surface area (Å²) in [7, 11) is 1.63. The van der Waals surface area contributed by atoms with E-state index >= 15 is 0 Å². The highest BCUT2D eigenvalue weighted by atomic mass is 32.2. The summed E-state index contributed by atoms with van der Waals surface area (Å²) in [4.78, 5) is 27.6. The number of methoxy groups -OCH3 is 1. The van der Waals surface area contributed by atoms with Crippen LogP contribution in [0.2, 0.25) is 0 Å². The van der Waals surface area contributed by atoms with Crippen LogP contribution in [-0.4, -0.2) is 50.6 Å². The van der Waals surface area contributed by atoms with Crippen LogP contribution in [0.4, 0.5) is 5.69 Å². The molecule has 170 valence electrons. The summed E-state index contributed by atoms with van der Waals surface area (Å²) in [5.41, 5.74) is 4.79. The van der Waals surface area contributed by atoms with E-state index in [0.717, 1.165) is 39.3 Å². The zero-order valence-corrected chi connectivity index (χ0v) is 19.8. The fourth-order valence-electron chi connectivity index (χ4n) is 3.20. The Kier molecular flexibility index (Phi) is 7.91. The van der Waals surface area contributed by atoms with Crippen LogP contribution in [0.15, 0.2) is 28.3 Å². The summed E-state index contributed by atoms with van der Waals surface area (Å²) >= 11 is 3.43. The van der Waals surface area contributed by atoms with E-state index in [-0.39, 0.29) is 11.4 Å². The summed E-state index contributed by atoms with van der Waals surface area (Å²) in [5, 5.41) is 19.4. The molecule has 1 aromatic heterocycles. The number of hydrogen-bond donors (Lipinski definition) is 1. The van der Waals surface area contributed by atoms with Gasteiger partial charge in [-0.3, -0.25) is 24.6 Å². The molecular weight excluding hydrogens is 452 g/mol. The number of hydrogen-bond acceptors (Lipinski definition) is 9. The molecule has 0 bridgehead atoms. The van der Waals surface area contributed by atoms with Crippen molar-refractivity contribution in [2.75, 3.05) is 19.4 Å². The molecule has 1 aromatic carbocycles. The molecule has 0 aliphatic carbocycles. The van der Waals surface area contributed by atoms with Crippen LogP contribution in [0.5, 0.6) is 5.75 Å². The second kappa shape index (κ2) is 10.6. The standard InChI is InChI=1S/C20H24N6O4S2/c1-12-18(26(28)29)13(2)25(24-12)14(3)19(27)23-22-10-15-5-6-17(30-4)16(9-15)11-32-20-21-7-8-31-20/h5-6,9-10,14H,7-8,11H2,1-4H3,(H,23,27)/b22-10-/t14-/m0/s1. The minimum Gasteiger partial charge on any atom is -0.496 e. The van der Waals surface area contributed by atoms with Gasteiger partial charge in [0.1, 0.15) is 27.6 Å². The molecule has 0 saturated carbocycles. The first-order valence-electron chi connectivity index (χ1n) is 9.81. The van der Waals surface area contributed by atoms with Crippen LogP contribution in [0.3, 0.4) is 0 Å². The molecule has 2 aromatic rings. The van der Waals surface area contributed by atoms with Crippen LogP contribution in [0, 0.1) is 24.0 Å². The van der Waals surface area contributed by atoms with Gasteiger partial charge in [0.15, 0.2) is 0 Å². The van der Waals surface area contributed by atoms with Crippen molar-refractivity contribution in [1.82, 2.24) is 15.2 Å². The molecule has 0 unspecified atom stereocenters. The third-order valence-corrected chi connectivity index (χ3v) is 7.12. The number of ether oxygens (including phenoxy) is 1. The minimum atomic E-state index is -0.757. The van der Waals surface area contributed by atoms with Crippen molar-refractivity contribution in [2.45, 2.75) is 32.6 Å². The van der Waals surface area contributed by atoms with Crippen LogP contribution in [0.1, 0.15) is 35.5 Å². The Balaban J connectivity index is 1.66. The summed E-state index contributed by atoms with van der Waals surface area (Å²) in [6.45, 7) is 5.58. The lowest BCUT2D eigenvalue weighted by atomic mass is 10.1. The predicted octanol–water partition coefficient (Wildman–Crippen LogP) is 3.46. The van der Waals surface area contributed by atoms with Crippen molar-refractivity contribution in [3.8, 4) is 5.75 Å². The second-order valence-electron chi connectivity index (χ2n) is 6.99. The molecule has 0 saturated heterocycles. The Morgan fingerprint density at radius 1 is 1.50 bits per heavy atom. The molecule has 1 amide bonds. The second-order valence-corrected chi connectivity index (χ2v) is 9.29. The van der Waals surface area contributed by atoms with Gasteiger partial charge in [0.2, 0.25) is 0 Å². The number of carbonyl (C=O) groups excluding carboxylic acids is 1. The van der Waals surface area contributed by atoms with Gasteiger partial charge in [-0.05, 0) is 44.5 Å². The number of aromatic nitrogens is 2. The smallest absolute Gasteiger partial charge is 0.312 e. The minimum absolute atomic E-state index is 0.0845. The normalized spacial score (nSPS) is 14.4. The zero-order valence-electron chi connectivity index (χ0n) is 18.2. The lowest BCUT2D eigenvalue weighted by Gasteiger charge is -2.12. The lowest BCUT2D eigenvalue weighted by molar-refractivity contribution is -0.386. The highest BCUT2D eigenvalue weighted by Crippen LogP contribution is 2.29. The van der Waals surface area contributed by atoms with Gasteiger partial charge < -0.3 is 4.74 Å². The van der Waals surface area contributed by atoms with E-state index in [1.54, 1.807) is 57.6 Å². The Morgan fingerprint density at radius 2 is 2.28 bits per heavy atom. The molecule has 0 radical (unpaired) electrons. The number of nitro groups is 1. The molecule has 1 aliphatic rings. The van der Waals surface area contributed by atoms with Gasteiger partial charge in [0.25, 0.3) is 5.91 Å². The number of benzene rings is 1. The van der Waals surface area contributed by atoms with Crippen LogP contribution in [0.25, 0.3) is 0 Å². The average Bonchev–Trinajstić information content (AvgIpc) is 3.39. The van der Waals surface area contributed by atoms with E-state index in [4.69, 9.17) is 4.74 Å². The summed E-state index contributed by atoms with van der Waals surface area (Å²) in [5.74, 6) is 2.09. The van der Waals surface area contributed by atoms with E-state index in [9.17, 15) is 14.9 Å². The Bertz CT molecular complexity index is 1080. The van der Waals surface area contributed by atoms with Crippen LogP contribution < -0.4 is 10.2 Å². The van der Waals surface area contributed by atoms with Crippen molar-refractivity contribution < 1.29 is 14.5 Å². The number of aryl methyl sites for hydroxylation is 1. The van der Waals surface area contributed by atoms with Crippen molar-refractivity contribution in [1.29, 1.82) is 0 Å². The number of carbonyl (C=O) groups is 1. The molecule has 1 atom stereocenters. The highest BCUT2D eigenvalue weighted by Gasteiger charge is 2.26. The van der Waals surface area contributed by atoms with Crippen LogP contribution in [-0.2, 0) is 10.5 Å². The summed E-state index contributed by atoms with van der Waals surface area (Å²) in [6.07, 6.45) is 1.55. The fourth-order valence-corrected chi connectivity index (χ4v) is 5.19. The van der Waals surface area contributed by atoms with Crippen molar-refractivity contribution in [3.05, 3.63) is 50.8 Å². The number of aliphatic imine (C=N–C) groups is 1. The maximum Gasteiger partial charge on any atom is 0.312 e. The van der Waals surface area contributed by atoms with Gasteiger partial charge >= 0.3 is 5.69 Å². The average molecular weight is 477 g/mol. The van der Waals surface area contributed by atoms with Gasteiger partial charge in [0, 0.05) is 17.1 Å². The molecule has 2 heterocycles. The summed E-state index contributed by atoms with van der Waals surface area (Å²) in [6, 6.07) is 4.90. The Hall–Kier alpha value is -2.86. The quantitative estimate of drug-likeness (QED) is 0.351. The van der Waals surface area contributed by atoms with E-state index in [1.165, 1.54) is 4.68 Å². The third-order valence-electron chi connectivity index (χ3n) is 4.82. The third kappa shape index (κ3) is 5.49. The van der Waals surface area contributed by atoms with Crippen molar-refractivity contribution in [2.24, 2.45) is 10.1 Å². The SMILES string of the molecule is COc1ccc(/C=N\NC(=O)[C@H](C)n2nc(C)c([N+](=O)[O-])c2C)cc1CSC1=NCCS1. The number of amides is 1. The maximum atomic E-state index is 12.5. The van der Waals surface area contributed by atoms with E-state index in [2.05, 4.69) is 20.6 Å². The Morgan fingerprint density at radius 3 is 2.91 bits per heavy atom. The number of rotatable bonds is 8. The molecule has 1 N–H and O–H groups in total. The number of thioether (sulfide) groups is 2. The van der Waals surface area contributed by atoms with E-state index in [1.807, 2.05) is 18.2 Å². The monoisotopic (exact) mass is 476 g/mol. The first-order chi connectivity index (χ1) is 15.3. The molecule has 1 aliphatic heterocycles. The predicted molar refractivity (Wildman–Crippen MR) is 128 cm³/mol. The zero-order chi connectivity index (χ0) is 23.3. The molecule has 12 heteroatoms. The largest absolute Gasteiger partial charge is 0.496 e. The first-order valence-corrected chi connectivity index (χ1v) is 11.8. The fraction of sp³-hybridized carbons (Fsp3) is 0.400. The van der Waals surface area contributed by atoms with Gasteiger partial charge in [0.05, 0.1) is 24.8 Å². The molecule has 10 nitrogen and oxygen atoms in total. The van der Waals surface area contributed by atoms with Crippen molar-refractivity contribution in [3.63, 3.8) is 0 Å².